The first-order valence-corrected chi connectivity index (χ1v) is 8.90. The third-order valence-corrected chi connectivity index (χ3v) is 4.59. The van der Waals surface area contributed by atoms with Crippen LogP contribution in [-0.2, 0) is 9.47 Å². The van der Waals surface area contributed by atoms with Gasteiger partial charge in [-0.05, 0) is 26.7 Å². The van der Waals surface area contributed by atoms with Crippen LogP contribution in [-0.4, -0.2) is 76.1 Å². The van der Waals surface area contributed by atoms with Gasteiger partial charge in [-0.15, -0.1) is 24.0 Å². The van der Waals surface area contributed by atoms with Gasteiger partial charge in [-0.25, -0.2) is 0 Å². The number of halogens is 1. The zero-order chi connectivity index (χ0) is 16.7. The van der Waals surface area contributed by atoms with Crippen molar-refractivity contribution < 1.29 is 9.47 Å². The highest BCUT2D eigenvalue weighted by Gasteiger charge is 2.33. The van der Waals surface area contributed by atoms with E-state index in [0.29, 0.717) is 12.1 Å². The largest absolute Gasteiger partial charge is 0.380 e. The minimum atomic E-state index is 0. The number of likely N-dealkylation sites (tertiary alicyclic amines) is 1. The Morgan fingerprint density at radius 2 is 2.00 bits per heavy atom. The Kier molecular flexibility index (Phi) is 9.84. The summed E-state index contributed by atoms with van der Waals surface area (Å²) in [6.07, 6.45) is 2.64. The minimum Gasteiger partial charge on any atom is -0.380 e. The molecule has 2 aliphatic rings. The molecule has 0 amide bonds. The molecule has 24 heavy (non-hydrogen) atoms. The lowest BCUT2D eigenvalue weighted by molar-refractivity contribution is -0.0971. The Morgan fingerprint density at radius 3 is 2.50 bits per heavy atom. The monoisotopic (exact) mass is 454 g/mol. The number of hydrogen-bond acceptors (Lipinski definition) is 4. The second-order valence-corrected chi connectivity index (χ2v) is 7.41. The standard InChI is InChI=1S/C17H34N4O2.HI/c1-14(2)23-10-9-21-7-5-15(6-8-21)20-16(18-4)19-11-17(3)12-22-13-17;/h14-15H,5-13H2,1-4H3,(H2,18,19,20);1H. The van der Waals surface area contributed by atoms with Crippen LogP contribution >= 0.6 is 24.0 Å². The van der Waals surface area contributed by atoms with Crippen LogP contribution in [0.2, 0.25) is 0 Å². The summed E-state index contributed by atoms with van der Waals surface area (Å²) in [6.45, 7) is 13.1. The molecule has 2 aliphatic heterocycles. The van der Waals surface area contributed by atoms with Crippen LogP contribution in [0, 0.1) is 5.41 Å². The molecular formula is C17H35IN4O2. The zero-order valence-electron chi connectivity index (χ0n) is 15.6. The fourth-order valence-corrected chi connectivity index (χ4v) is 2.96. The van der Waals surface area contributed by atoms with Crippen LogP contribution in [0.15, 0.2) is 4.99 Å². The molecule has 0 aromatic heterocycles. The molecular weight excluding hydrogens is 419 g/mol. The number of rotatable bonds is 7. The molecule has 0 bridgehead atoms. The molecule has 2 saturated heterocycles. The van der Waals surface area contributed by atoms with Crippen LogP contribution < -0.4 is 10.6 Å². The summed E-state index contributed by atoms with van der Waals surface area (Å²) in [6, 6.07) is 0.508. The van der Waals surface area contributed by atoms with E-state index in [1.165, 1.54) is 0 Å². The van der Waals surface area contributed by atoms with Crippen molar-refractivity contribution in [1.29, 1.82) is 0 Å². The van der Waals surface area contributed by atoms with E-state index in [-0.39, 0.29) is 29.4 Å². The van der Waals surface area contributed by atoms with Gasteiger partial charge in [-0.2, -0.15) is 0 Å². The predicted octanol–water partition coefficient (Wildman–Crippen LogP) is 1.70. The van der Waals surface area contributed by atoms with E-state index < -0.39 is 0 Å². The summed E-state index contributed by atoms with van der Waals surface area (Å²) in [5.41, 5.74) is 0.261. The highest BCUT2D eigenvalue weighted by Crippen LogP contribution is 2.25. The fraction of sp³-hybridized carbons (Fsp3) is 0.941. The van der Waals surface area contributed by atoms with Gasteiger partial charge < -0.3 is 25.0 Å². The van der Waals surface area contributed by atoms with Gasteiger partial charge in [0.05, 0.1) is 25.9 Å². The van der Waals surface area contributed by atoms with Gasteiger partial charge >= 0.3 is 0 Å². The van der Waals surface area contributed by atoms with Crippen molar-refractivity contribution >= 4 is 29.9 Å². The quantitative estimate of drug-likeness (QED) is 0.349. The summed E-state index contributed by atoms with van der Waals surface area (Å²) in [5, 5.41) is 7.00. The van der Waals surface area contributed by atoms with Gasteiger partial charge in [0.15, 0.2) is 5.96 Å². The maximum absolute atomic E-state index is 5.64. The molecule has 0 spiro atoms. The predicted molar refractivity (Wildman–Crippen MR) is 109 cm³/mol. The van der Waals surface area contributed by atoms with E-state index in [9.17, 15) is 0 Å². The number of hydrogen-bond donors (Lipinski definition) is 2. The molecule has 142 valence electrons. The van der Waals surface area contributed by atoms with Gasteiger partial charge in [0.1, 0.15) is 0 Å². The fourth-order valence-electron chi connectivity index (χ4n) is 2.96. The second kappa shape index (κ2) is 10.8. The van der Waals surface area contributed by atoms with Crippen LogP contribution in [0.4, 0.5) is 0 Å². The molecule has 0 saturated carbocycles. The van der Waals surface area contributed by atoms with E-state index in [0.717, 1.165) is 64.8 Å². The topological polar surface area (TPSA) is 58.1 Å². The number of piperidine rings is 1. The third kappa shape index (κ3) is 7.41. The van der Waals surface area contributed by atoms with E-state index in [2.05, 4.69) is 41.3 Å². The Hall–Kier alpha value is -0.120. The molecule has 0 unspecified atom stereocenters. The van der Waals surface area contributed by atoms with Gasteiger partial charge in [-0.3, -0.25) is 4.99 Å². The number of aliphatic imine (C=N–C) groups is 1. The van der Waals surface area contributed by atoms with Crippen molar-refractivity contribution in [2.75, 3.05) is 53.0 Å². The van der Waals surface area contributed by atoms with E-state index in [1.54, 1.807) is 0 Å². The summed E-state index contributed by atoms with van der Waals surface area (Å²) >= 11 is 0. The van der Waals surface area contributed by atoms with Gasteiger partial charge in [0.25, 0.3) is 0 Å². The first kappa shape index (κ1) is 21.9. The van der Waals surface area contributed by atoms with Crippen molar-refractivity contribution in [2.24, 2.45) is 10.4 Å². The molecule has 0 aliphatic carbocycles. The van der Waals surface area contributed by atoms with Gasteiger partial charge in [-0.1, -0.05) is 6.92 Å². The molecule has 0 aromatic rings. The van der Waals surface area contributed by atoms with Gasteiger partial charge in [0.2, 0.25) is 0 Å². The first-order valence-electron chi connectivity index (χ1n) is 8.90. The number of guanidine groups is 1. The Morgan fingerprint density at radius 1 is 1.33 bits per heavy atom. The minimum absolute atomic E-state index is 0. The summed E-state index contributed by atoms with van der Waals surface area (Å²) in [5.74, 6) is 0.916. The Balaban J connectivity index is 0.00000288. The number of nitrogens with zero attached hydrogens (tertiary/aromatic N) is 2. The number of ether oxygens (including phenoxy) is 2. The van der Waals surface area contributed by atoms with E-state index >= 15 is 0 Å². The molecule has 2 fully saturated rings. The highest BCUT2D eigenvalue weighted by molar-refractivity contribution is 14.0. The molecule has 2 N–H and O–H groups in total. The smallest absolute Gasteiger partial charge is 0.191 e. The molecule has 0 aromatic carbocycles. The maximum Gasteiger partial charge on any atom is 0.191 e. The molecule has 7 heteroatoms. The van der Waals surface area contributed by atoms with Crippen molar-refractivity contribution in [3.8, 4) is 0 Å². The van der Waals surface area contributed by atoms with Crippen molar-refractivity contribution in [3.05, 3.63) is 0 Å². The molecule has 2 heterocycles. The summed E-state index contributed by atoms with van der Waals surface area (Å²) in [4.78, 5) is 6.84. The van der Waals surface area contributed by atoms with Gasteiger partial charge in [0, 0.05) is 44.7 Å². The first-order chi connectivity index (χ1) is 11.0. The average molecular weight is 454 g/mol. The maximum atomic E-state index is 5.64. The summed E-state index contributed by atoms with van der Waals surface area (Å²) < 4.78 is 10.9. The molecule has 6 nitrogen and oxygen atoms in total. The lowest BCUT2D eigenvalue weighted by atomic mass is 9.89. The van der Waals surface area contributed by atoms with Crippen LogP contribution in [0.3, 0.4) is 0 Å². The Labute approximate surface area is 164 Å². The third-order valence-electron chi connectivity index (χ3n) is 4.59. The van der Waals surface area contributed by atoms with Crippen LogP contribution in [0.1, 0.15) is 33.6 Å². The van der Waals surface area contributed by atoms with Crippen LogP contribution in [0.25, 0.3) is 0 Å². The normalized spacial score (nSPS) is 22.0. The van der Waals surface area contributed by atoms with Crippen molar-refractivity contribution in [3.63, 3.8) is 0 Å². The van der Waals surface area contributed by atoms with E-state index in [1.807, 2.05) is 7.05 Å². The SMILES string of the molecule is CN=C(NCC1(C)COC1)NC1CCN(CCOC(C)C)CC1.I. The molecule has 0 radical (unpaired) electrons. The van der Waals surface area contributed by atoms with Crippen LogP contribution in [0.5, 0.6) is 0 Å². The molecule has 0 atom stereocenters. The summed E-state index contributed by atoms with van der Waals surface area (Å²) in [7, 11) is 1.84. The Bertz CT molecular complexity index is 381. The lowest BCUT2D eigenvalue weighted by Gasteiger charge is -2.39. The number of nitrogens with one attached hydrogen (secondary N) is 2. The average Bonchev–Trinajstić information content (AvgIpc) is 2.50. The second-order valence-electron chi connectivity index (χ2n) is 7.41. The zero-order valence-corrected chi connectivity index (χ0v) is 18.0. The lowest BCUT2D eigenvalue weighted by Crippen LogP contribution is -2.53. The molecule has 2 rings (SSSR count). The highest BCUT2D eigenvalue weighted by atomic mass is 127. The van der Waals surface area contributed by atoms with Crippen molar-refractivity contribution in [2.45, 2.75) is 45.8 Å². The van der Waals surface area contributed by atoms with Crippen molar-refractivity contribution in [1.82, 2.24) is 15.5 Å². The van der Waals surface area contributed by atoms with E-state index in [4.69, 9.17) is 9.47 Å².